The van der Waals surface area contributed by atoms with E-state index >= 15 is 0 Å². The maximum atomic E-state index is 11.8. The molecule has 1 unspecified atom stereocenters. The average Bonchev–Trinajstić information content (AvgIpc) is 2.92. The smallest absolute Gasteiger partial charge is 0.222 e. The summed E-state index contributed by atoms with van der Waals surface area (Å²) in [6.07, 6.45) is 3.76. The molecule has 1 aromatic rings. The van der Waals surface area contributed by atoms with Crippen molar-refractivity contribution in [2.45, 2.75) is 38.3 Å². The van der Waals surface area contributed by atoms with Crippen molar-refractivity contribution >= 4 is 17.2 Å². The molecular formula is C15H19NO3S. The number of ether oxygens (including phenoxy) is 1. The number of aliphatic hydroxyl groups excluding tert-OH is 1. The van der Waals surface area contributed by atoms with Crippen molar-refractivity contribution in [3.8, 4) is 11.8 Å². The van der Waals surface area contributed by atoms with Gasteiger partial charge in [-0.1, -0.05) is 11.8 Å². The first-order valence-electron chi connectivity index (χ1n) is 6.83. The van der Waals surface area contributed by atoms with Gasteiger partial charge in [-0.3, -0.25) is 4.79 Å². The number of thiophene rings is 1. The number of amides is 1. The van der Waals surface area contributed by atoms with Crippen LogP contribution in [0.25, 0.3) is 0 Å². The van der Waals surface area contributed by atoms with Gasteiger partial charge < -0.3 is 15.2 Å². The molecule has 108 valence electrons. The van der Waals surface area contributed by atoms with Crippen LogP contribution in [0.5, 0.6) is 0 Å². The highest BCUT2D eigenvalue weighted by atomic mass is 32.1. The Balaban J connectivity index is 1.73. The fourth-order valence-corrected chi connectivity index (χ4v) is 2.87. The highest BCUT2D eigenvalue weighted by molar-refractivity contribution is 7.10. The third kappa shape index (κ3) is 4.97. The largest absolute Gasteiger partial charge is 0.384 e. The molecule has 20 heavy (non-hydrogen) atoms. The third-order valence-electron chi connectivity index (χ3n) is 3.11. The Morgan fingerprint density at radius 2 is 2.45 bits per heavy atom. The van der Waals surface area contributed by atoms with Crippen LogP contribution in [-0.4, -0.2) is 30.3 Å². The summed E-state index contributed by atoms with van der Waals surface area (Å²) in [6.45, 7) is 1.16. The highest BCUT2D eigenvalue weighted by Gasteiger charge is 2.17. The second-order valence-electron chi connectivity index (χ2n) is 4.73. The minimum atomic E-state index is -0.136. The lowest BCUT2D eigenvalue weighted by atomic mass is 10.1. The van der Waals surface area contributed by atoms with Crippen molar-refractivity contribution < 1.29 is 14.6 Å². The maximum Gasteiger partial charge on any atom is 0.222 e. The fourth-order valence-electron chi connectivity index (χ4n) is 2.11. The first kappa shape index (κ1) is 15.0. The van der Waals surface area contributed by atoms with Crippen LogP contribution in [0, 0.1) is 11.8 Å². The predicted octanol–water partition coefficient (Wildman–Crippen LogP) is 1.67. The van der Waals surface area contributed by atoms with Crippen molar-refractivity contribution in [2.75, 3.05) is 13.2 Å². The summed E-state index contributed by atoms with van der Waals surface area (Å²) in [7, 11) is 0. The number of rotatable bonds is 4. The number of hydrogen-bond acceptors (Lipinski definition) is 4. The summed E-state index contributed by atoms with van der Waals surface area (Å²) in [5, 5.41) is 13.5. The molecule has 0 radical (unpaired) electrons. The van der Waals surface area contributed by atoms with Crippen LogP contribution in [0.2, 0.25) is 0 Å². The van der Waals surface area contributed by atoms with Crippen molar-refractivity contribution in [1.82, 2.24) is 5.32 Å². The molecule has 1 aromatic heterocycles. The third-order valence-corrected chi connectivity index (χ3v) is 4.05. The Bertz CT molecular complexity index is 495. The number of hydrogen-bond donors (Lipinski definition) is 2. The standard InChI is InChI=1S/C15H19NO3S/c17-6-3-4-12-8-14(20-11-12)10-16-15(18)9-13-5-1-2-7-19-13/h8,11,13,17H,1-2,5-7,9-10H2,(H,16,18). The van der Waals surface area contributed by atoms with Gasteiger partial charge in [0, 0.05) is 22.4 Å². The number of carbonyl (C=O) groups is 1. The van der Waals surface area contributed by atoms with Gasteiger partial charge in [-0.15, -0.1) is 11.3 Å². The van der Waals surface area contributed by atoms with Crippen LogP contribution in [0.4, 0.5) is 0 Å². The molecule has 4 nitrogen and oxygen atoms in total. The summed E-state index contributed by atoms with van der Waals surface area (Å²) < 4.78 is 5.55. The SMILES string of the molecule is O=C(CC1CCCCO1)NCc1cc(C#CCO)cs1. The van der Waals surface area contributed by atoms with Gasteiger partial charge in [-0.05, 0) is 25.3 Å². The van der Waals surface area contributed by atoms with Gasteiger partial charge in [0.25, 0.3) is 0 Å². The molecule has 1 amide bonds. The second-order valence-corrected chi connectivity index (χ2v) is 5.73. The predicted molar refractivity (Wildman–Crippen MR) is 78.3 cm³/mol. The zero-order valence-corrected chi connectivity index (χ0v) is 12.2. The Morgan fingerprint density at radius 1 is 1.55 bits per heavy atom. The van der Waals surface area contributed by atoms with E-state index in [1.807, 2.05) is 11.4 Å². The minimum Gasteiger partial charge on any atom is -0.384 e. The number of carbonyl (C=O) groups excluding carboxylic acids is 1. The Morgan fingerprint density at radius 3 is 3.20 bits per heavy atom. The molecule has 1 fully saturated rings. The average molecular weight is 293 g/mol. The summed E-state index contributed by atoms with van der Waals surface area (Å²) in [5.74, 6) is 5.49. The first-order valence-corrected chi connectivity index (χ1v) is 7.71. The molecule has 5 heteroatoms. The van der Waals surface area contributed by atoms with E-state index in [0.717, 1.165) is 36.3 Å². The molecule has 0 spiro atoms. The Hall–Kier alpha value is -1.35. The zero-order valence-electron chi connectivity index (χ0n) is 11.4. The molecule has 1 atom stereocenters. The van der Waals surface area contributed by atoms with Crippen molar-refractivity contribution in [1.29, 1.82) is 0 Å². The second kappa shape index (κ2) is 8.05. The van der Waals surface area contributed by atoms with E-state index in [1.54, 1.807) is 11.3 Å². The van der Waals surface area contributed by atoms with E-state index in [0.29, 0.717) is 13.0 Å². The van der Waals surface area contributed by atoms with Crippen LogP contribution < -0.4 is 5.32 Å². The lowest BCUT2D eigenvalue weighted by molar-refractivity contribution is -0.125. The van der Waals surface area contributed by atoms with Gasteiger partial charge in [0.2, 0.25) is 5.91 Å². The summed E-state index contributed by atoms with van der Waals surface area (Å²) in [4.78, 5) is 12.9. The number of aliphatic hydroxyl groups is 1. The highest BCUT2D eigenvalue weighted by Crippen LogP contribution is 2.16. The van der Waals surface area contributed by atoms with Crippen LogP contribution in [0.15, 0.2) is 11.4 Å². The zero-order chi connectivity index (χ0) is 14.2. The van der Waals surface area contributed by atoms with E-state index in [4.69, 9.17) is 9.84 Å². The molecule has 0 aromatic carbocycles. The summed E-state index contributed by atoms with van der Waals surface area (Å²) >= 11 is 1.56. The Kier molecular flexibility index (Phi) is 6.06. The molecule has 0 bridgehead atoms. The molecule has 2 heterocycles. The van der Waals surface area contributed by atoms with Crippen LogP contribution in [-0.2, 0) is 16.1 Å². The minimum absolute atomic E-state index is 0.0355. The van der Waals surface area contributed by atoms with Gasteiger partial charge in [0.1, 0.15) is 6.61 Å². The molecule has 1 saturated heterocycles. The summed E-state index contributed by atoms with van der Waals surface area (Å²) in [5.41, 5.74) is 0.879. The topological polar surface area (TPSA) is 58.6 Å². The van der Waals surface area contributed by atoms with E-state index < -0.39 is 0 Å². The van der Waals surface area contributed by atoms with Gasteiger partial charge in [-0.2, -0.15) is 0 Å². The lowest BCUT2D eigenvalue weighted by Crippen LogP contribution is -2.29. The summed E-state index contributed by atoms with van der Waals surface area (Å²) in [6, 6.07) is 1.94. The van der Waals surface area contributed by atoms with Crippen LogP contribution in [0.3, 0.4) is 0 Å². The van der Waals surface area contributed by atoms with Gasteiger partial charge in [0.15, 0.2) is 0 Å². The molecule has 2 rings (SSSR count). The van der Waals surface area contributed by atoms with Gasteiger partial charge >= 0.3 is 0 Å². The normalized spacial score (nSPS) is 18.1. The van der Waals surface area contributed by atoms with E-state index in [9.17, 15) is 4.79 Å². The van der Waals surface area contributed by atoms with Crippen LogP contribution >= 0.6 is 11.3 Å². The van der Waals surface area contributed by atoms with E-state index in [-0.39, 0.29) is 18.6 Å². The molecule has 0 aliphatic carbocycles. The monoisotopic (exact) mass is 293 g/mol. The molecule has 1 aliphatic rings. The molecule has 0 saturated carbocycles. The maximum absolute atomic E-state index is 11.8. The molecular weight excluding hydrogens is 274 g/mol. The Labute approximate surface area is 123 Å². The fraction of sp³-hybridized carbons (Fsp3) is 0.533. The van der Waals surface area contributed by atoms with Gasteiger partial charge in [-0.25, -0.2) is 0 Å². The van der Waals surface area contributed by atoms with E-state index in [1.165, 1.54) is 0 Å². The molecule has 1 aliphatic heterocycles. The van der Waals surface area contributed by atoms with Crippen molar-refractivity contribution in [3.63, 3.8) is 0 Å². The molecule has 2 N–H and O–H groups in total. The quantitative estimate of drug-likeness (QED) is 0.830. The lowest BCUT2D eigenvalue weighted by Gasteiger charge is -2.21. The van der Waals surface area contributed by atoms with Crippen molar-refractivity contribution in [2.24, 2.45) is 0 Å². The number of nitrogens with one attached hydrogen (secondary N) is 1. The van der Waals surface area contributed by atoms with Gasteiger partial charge in [0.05, 0.1) is 19.1 Å². The van der Waals surface area contributed by atoms with Crippen LogP contribution in [0.1, 0.15) is 36.1 Å². The van der Waals surface area contributed by atoms with E-state index in [2.05, 4.69) is 17.2 Å². The van der Waals surface area contributed by atoms with Crippen molar-refractivity contribution in [3.05, 3.63) is 21.9 Å². The first-order chi connectivity index (χ1) is 9.78.